The number of nitrogens with one attached hydrogen (secondary N) is 1. The number of benzene rings is 1. The van der Waals surface area contributed by atoms with E-state index in [0.717, 1.165) is 12.1 Å². The summed E-state index contributed by atoms with van der Waals surface area (Å²) < 4.78 is 26.6. The van der Waals surface area contributed by atoms with Crippen LogP contribution in [-0.4, -0.2) is 22.9 Å². The summed E-state index contributed by atoms with van der Waals surface area (Å²) in [4.78, 5) is 14.0. The second-order valence-corrected chi connectivity index (χ2v) is 3.67. The van der Waals surface area contributed by atoms with Gasteiger partial charge in [0.2, 0.25) is 0 Å². The second-order valence-electron chi connectivity index (χ2n) is 3.32. The fourth-order valence-corrected chi connectivity index (χ4v) is 1.41. The molecule has 5 nitrogen and oxygen atoms in total. The number of halogens is 3. The highest BCUT2D eigenvalue weighted by Gasteiger charge is 2.13. The molecule has 19 heavy (non-hydrogen) atoms. The molecular weight excluding hydrogens is 278 g/mol. The van der Waals surface area contributed by atoms with Gasteiger partial charge in [0.25, 0.3) is 0 Å². The molecule has 0 aromatic heterocycles. The van der Waals surface area contributed by atoms with E-state index < -0.39 is 23.9 Å². The number of nitrogens with zero attached hydrogens (tertiary/aromatic N) is 2. The summed E-state index contributed by atoms with van der Waals surface area (Å²) in [6.45, 7) is -0.400. The predicted molar refractivity (Wildman–Crippen MR) is 68.8 cm³/mol. The van der Waals surface area contributed by atoms with E-state index in [1.807, 2.05) is 0 Å². The molecule has 100 valence electrons. The highest BCUT2D eigenvalue weighted by atomic mass is 35.5. The summed E-state index contributed by atoms with van der Waals surface area (Å²) in [6, 6.07) is 3.37. The Hall–Kier alpha value is -2.15. The first-order chi connectivity index (χ1) is 9.01. The molecule has 0 fully saturated rings. The van der Waals surface area contributed by atoms with Gasteiger partial charge in [-0.05, 0) is 12.1 Å². The van der Waals surface area contributed by atoms with Crippen molar-refractivity contribution in [1.82, 2.24) is 0 Å². The highest BCUT2D eigenvalue weighted by Crippen LogP contribution is 2.13. The third-order valence-electron chi connectivity index (χ3n) is 2.14. The molecule has 8 heteroatoms. The van der Waals surface area contributed by atoms with Crippen LogP contribution in [-0.2, 0) is 11.3 Å². The molecule has 1 aromatic rings. The zero-order valence-electron chi connectivity index (χ0n) is 9.53. The Morgan fingerprint density at radius 1 is 1.42 bits per heavy atom. The lowest BCUT2D eigenvalue weighted by Crippen LogP contribution is -2.23. The maximum Gasteiger partial charge on any atom is 0.170 e. The molecule has 0 aliphatic heterocycles. The van der Waals surface area contributed by atoms with Gasteiger partial charge in [0.1, 0.15) is 23.1 Å². The third-order valence-corrected chi connectivity index (χ3v) is 2.43. The van der Waals surface area contributed by atoms with E-state index in [0.29, 0.717) is 0 Å². The summed E-state index contributed by atoms with van der Waals surface area (Å²) >= 11 is 5.67. The number of carbonyl (C=O) groups is 1. The van der Waals surface area contributed by atoms with Crippen molar-refractivity contribution in [3.05, 3.63) is 35.4 Å². The molecule has 0 saturated heterocycles. The van der Waals surface area contributed by atoms with Crippen molar-refractivity contribution in [2.75, 3.05) is 0 Å². The van der Waals surface area contributed by atoms with Gasteiger partial charge in [-0.3, -0.25) is 15.2 Å². The molecule has 0 aliphatic carbocycles. The van der Waals surface area contributed by atoms with Crippen molar-refractivity contribution < 1.29 is 13.6 Å². The predicted octanol–water partition coefficient (Wildman–Crippen LogP) is 1.64. The van der Waals surface area contributed by atoms with Crippen molar-refractivity contribution in [3.63, 3.8) is 0 Å². The summed E-state index contributed by atoms with van der Waals surface area (Å²) in [6.07, 6.45) is 0.174. The fourth-order valence-electron chi connectivity index (χ4n) is 1.20. The standard InChI is InChI=1S/C11H9ClF2N4O/c12-11(10(18-16)9(15)5-19)17-4-6-7(13)2-1-3-8(6)14/h1-3,5,15H,4,16H2. The van der Waals surface area contributed by atoms with E-state index in [9.17, 15) is 13.6 Å². The molecule has 0 heterocycles. The van der Waals surface area contributed by atoms with Crippen LogP contribution in [0.5, 0.6) is 0 Å². The van der Waals surface area contributed by atoms with Gasteiger partial charge in [-0.15, -0.1) is 0 Å². The van der Waals surface area contributed by atoms with Crippen molar-refractivity contribution >= 4 is 34.5 Å². The molecule has 1 rings (SSSR count). The smallest absolute Gasteiger partial charge is 0.170 e. The molecule has 0 saturated carbocycles. The minimum absolute atomic E-state index is 0.174. The SMILES string of the molecule is N=C(C=O)C(=NN)C(Cl)=NCc1c(F)cccc1F. The number of hydrogen-bond acceptors (Lipinski definition) is 5. The summed E-state index contributed by atoms with van der Waals surface area (Å²) in [5.74, 6) is 3.41. The molecule has 0 unspecified atom stereocenters. The van der Waals surface area contributed by atoms with Crippen LogP contribution in [0.25, 0.3) is 0 Å². The van der Waals surface area contributed by atoms with E-state index in [-0.39, 0.29) is 22.7 Å². The number of hydrogen-bond donors (Lipinski definition) is 2. The third kappa shape index (κ3) is 3.65. The molecule has 0 amide bonds. The Labute approximate surface area is 112 Å². The maximum atomic E-state index is 13.3. The lowest BCUT2D eigenvalue weighted by Gasteiger charge is -2.03. The molecule has 3 N–H and O–H groups in total. The van der Waals surface area contributed by atoms with Crippen molar-refractivity contribution in [3.8, 4) is 0 Å². The van der Waals surface area contributed by atoms with Crippen molar-refractivity contribution in [2.45, 2.75) is 6.54 Å². The minimum atomic E-state index is -0.773. The molecule has 1 aromatic carbocycles. The molecular formula is C11H9ClF2N4O. The average Bonchev–Trinajstić information content (AvgIpc) is 2.38. The Bertz CT molecular complexity index is 552. The number of nitrogens with two attached hydrogens (primary N) is 1. The van der Waals surface area contributed by atoms with Crippen molar-refractivity contribution in [2.24, 2.45) is 15.9 Å². The van der Waals surface area contributed by atoms with E-state index >= 15 is 0 Å². The summed E-state index contributed by atoms with van der Waals surface area (Å²) in [5, 5.41) is 9.95. The van der Waals surface area contributed by atoms with Crippen LogP contribution in [0.15, 0.2) is 28.3 Å². The summed E-state index contributed by atoms with van der Waals surface area (Å²) in [5.41, 5.74) is -1.21. The molecule has 0 spiro atoms. The highest BCUT2D eigenvalue weighted by molar-refractivity contribution is 6.96. The van der Waals surface area contributed by atoms with E-state index in [4.69, 9.17) is 22.9 Å². The largest absolute Gasteiger partial charge is 0.323 e. The lowest BCUT2D eigenvalue weighted by molar-refractivity contribution is -0.102. The first-order valence-corrected chi connectivity index (χ1v) is 5.34. The Morgan fingerprint density at radius 3 is 2.47 bits per heavy atom. The van der Waals surface area contributed by atoms with E-state index in [1.165, 1.54) is 6.07 Å². The second kappa shape index (κ2) is 6.69. The first kappa shape index (κ1) is 14.9. The Kier molecular flexibility index (Phi) is 5.25. The normalized spacial score (nSPS) is 12.4. The quantitative estimate of drug-likeness (QED) is 0.373. The van der Waals surface area contributed by atoms with Crippen molar-refractivity contribution in [1.29, 1.82) is 5.41 Å². The van der Waals surface area contributed by atoms with E-state index in [1.54, 1.807) is 0 Å². The van der Waals surface area contributed by atoms with Gasteiger partial charge in [-0.1, -0.05) is 17.7 Å². The van der Waals surface area contributed by atoms with Crippen LogP contribution in [0.2, 0.25) is 0 Å². The van der Waals surface area contributed by atoms with E-state index in [2.05, 4.69) is 10.1 Å². The molecule has 0 atom stereocenters. The minimum Gasteiger partial charge on any atom is -0.323 e. The number of aliphatic imine (C=N–C) groups is 1. The number of carbonyl (C=O) groups excluding carboxylic acids is 1. The topological polar surface area (TPSA) is 91.7 Å². The van der Waals surface area contributed by atoms with Crippen LogP contribution in [0.4, 0.5) is 8.78 Å². The lowest BCUT2D eigenvalue weighted by atomic mass is 10.2. The number of aldehydes is 1. The van der Waals surface area contributed by atoms with Crippen LogP contribution >= 0.6 is 11.6 Å². The zero-order valence-corrected chi connectivity index (χ0v) is 10.3. The first-order valence-electron chi connectivity index (χ1n) is 4.96. The molecule has 0 aliphatic rings. The number of rotatable bonds is 5. The fraction of sp³-hybridized carbons (Fsp3) is 0.0909. The molecule has 0 bridgehead atoms. The van der Waals surface area contributed by atoms with Gasteiger partial charge in [0.05, 0.1) is 6.54 Å². The van der Waals surface area contributed by atoms with Crippen LogP contribution in [0.1, 0.15) is 5.56 Å². The monoisotopic (exact) mass is 286 g/mol. The summed E-state index contributed by atoms with van der Waals surface area (Å²) in [7, 11) is 0. The van der Waals surface area contributed by atoms with Gasteiger partial charge >= 0.3 is 0 Å². The van der Waals surface area contributed by atoms with Crippen LogP contribution in [0.3, 0.4) is 0 Å². The van der Waals surface area contributed by atoms with Gasteiger partial charge in [-0.25, -0.2) is 8.78 Å². The maximum absolute atomic E-state index is 13.3. The van der Waals surface area contributed by atoms with Gasteiger partial charge < -0.3 is 5.84 Å². The Balaban J connectivity index is 2.98. The Morgan fingerprint density at radius 2 is 2.00 bits per heavy atom. The molecule has 0 radical (unpaired) electrons. The zero-order chi connectivity index (χ0) is 14.4. The average molecular weight is 287 g/mol. The number of hydrazone groups is 1. The van der Waals surface area contributed by atoms with Gasteiger partial charge in [0.15, 0.2) is 11.5 Å². The van der Waals surface area contributed by atoms with Gasteiger partial charge in [0, 0.05) is 5.56 Å². The van der Waals surface area contributed by atoms with Gasteiger partial charge in [-0.2, -0.15) is 5.10 Å². The van der Waals surface area contributed by atoms with Crippen LogP contribution in [0, 0.1) is 17.0 Å². The van der Waals surface area contributed by atoms with Crippen LogP contribution < -0.4 is 5.84 Å².